The van der Waals surface area contributed by atoms with E-state index in [1.807, 2.05) is 25.1 Å². The molecule has 23 heavy (non-hydrogen) atoms. The molecule has 7 heteroatoms. The molecule has 0 radical (unpaired) electrons. The van der Waals surface area contributed by atoms with Gasteiger partial charge in [0, 0.05) is 18.3 Å². The third kappa shape index (κ3) is 4.03. The van der Waals surface area contributed by atoms with Gasteiger partial charge in [-0.1, -0.05) is 29.8 Å². The summed E-state index contributed by atoms with van der Waals surface area (Å²) in [5.41, 5.74) is 2.21. The van der Waals surface area contributed by atoms with E-state index in [1.165, 1.54) is 19.2 Å². The van der Waals surface area contributed by atoms with Crippen molar-refractivity contribution in [3.8, 4) is 0 Å². The molecule has 2 aromatic carbocycles. The van der Waals surface area contributed by atoms with Crippen LogP contribution in [0.4, 0.5) is 11.4 Å². The lowest BCUT2D eigenvalue weighted by atomic mass is 10.1. The van der Waals surface area contributed by atoms with Crippen LogP contribution in [0.2, 0.25) is 5.02 Å². The van der Waals surface area contributed by atoms with Crippen molar-refractivity contribution in [2.24, 2.45) is 0 Å². The second-order valence-electron chi connectivity index (χ2n) is 5.17. The third-order valence-corrected chi connectivity index (χ3v) is 4.95. The van der Waals surface area contributed by atoms with Crippen LogP contribution >= 0.6 is 11.6 Å². The topological polar surface area (TPSA) is 66.5 Å². The summed E-state index contributed by atoms with van der Waals surface area (Å²) in [5, 5.41) is 3.06. The molecule has 0 aliphatic rings. The van der Waals surface area contributed by atoms with Crippen molar-refractivity contribution >= 4 is 38.9 Å². The van der Waals surface area contributed by atoms with Gasteiger partial charge in [0.2, 0.25) is 10.0 Å². The molecule has 0 spiro atoms. The summed E-state index contributed by atoms with van der Waals surface area (Å²) in [5.74, 6) is -0.334. The van der Waals surface area contributed by atoms with Crippen LogP contribution in [0.3, 0.4) is 0 Å². The van der Waals surface area contributed by atoms with Crippen molar-refractivity contribution in [3.63, 3.8) is 0 Å². The molecule has 5 nitrogen and oxygen atoms in total. The van der Waals surface area contributed by atoms with E-state index in [9.17, 15) is 13.2 Å². The molecule has 0 unspecified atom stereocenters. The molecular weight excluding hydrogens is 336 g/mol. The molecule has 2 aromatic rings. The molecule has 0 heterocycles. The van der Waals surface area contributed by atoms with Crippen molar-refractivity contribution < 1.29 is 13.2 Å². The van der Waals surface area contributed by atoms with E-state index >= 15 is 0 Å². The smallest absolute Gasteiger partial charge is 0.255 e. The molecule has 0 aromatic heterocycles. The number of nitrogens with one attached hydrogen (secondary N) is 1. The Balaban J connectivity index is 2.34. The number of carbonyl (C=O) groups excluding carboxylic acids is 1. The van der Waals surface area contributed by atoms with Crippen molar-refractivity contribution in [1.82, 2.24) is 0 Å². The van der Waals surface area contributed by atoms with Crippen LogP contribution < -0.4 is 9.62 Å². The molecule has 0 aliphatic heterocycles. The van der Waals surface area contributed by atoms with Crippen LogP contribution in [-0.4, -0.2) is 27.6 Å². The summed E-state index contributed by atoms with van der Waals surface area (Å²) in [6.07, 6.45) is 1.07. The predicted molar refractivity (Wildman–Crippen MR) is 93.8 cm³/mol. The molecule has 0 fully saturated rings. The van der Waals surface area contributed by atoms with Gasteiger partial charge in [0.05, 0.1) is 17.0 Å². The molecule has 0 bridgehead atoms. The number of rotatable bonds is 4. The van der Waals surface area contributed by atoms with Gasteiger partial charge in [-0.2, -0.15) is 0 Å². The zero-order chi connectivity index (χ0) is 17.2. The fraction of sp³-hybridized carbons (Fsp3) is 0.188. The maximum atomic E-state index is 12.4. The van der Waals surface area contributed by atoms with Crippen LogP contribution in [0.25, 0.3) is 0 Å². The Morgan fingerprint density at radius 3 is 2.43 bits per heavy atom. The second kappa shape index (κ2) is 6.60. The van der Waals surface area contributed by atoms with E-state index in [0.717, 1.165) is 16.1 Å². The number of carbonyl (C=O) groups is 1. The first-order chi connectivity index (χ1) is 10.7. The van der Waals surface area contributed by atoms with Gasteiger partial charge in [-0.15, -0.1) is 0 Å². The largest absolute Gasteiger partial charge is 0.322 e. The summed E-state index contributed by atoms with van der Waals surface area (Å²) in [6.45, 7) is 1.89. The lowest BCUT2D eigenvalue weighted by molar-refractivity contribution is 0.102. The van der Waals surface area contributed by atoms with E-state index in [4.69, 9.17) is 11.6 Å². The summed E-state index contributed by atoms with van der Waals surface area (Å²) in [6, 6.07) is 11.9. The molecule has 0 atom stereocenters. The number of para-hydroxylation sites is 1. The molecule has 1 N–H and O–H groups in total. The Labute approximate surface area is 140 Å². The zero-order valence-corrected chi connectivity index (χ0v) is 14.6. The quantitative estimate of drug-likeness (QED) is 0.918. The van der Waals surface area contributed by atoms with Crippen molar-refractivity contribution in [1.29, 1.82) is 0 Å². The first-order valence-corrected chi connectivity index (χ1v) is 9.03. The minimum Gasteiger partial charge on any atom is -0.322 e. The Hall–Kier alpha value is -2.05. The maximum absolute atomic E-state index is 12.4. The first-order valence-electron chi connectivity index (χ1n) is 6.80. The lowest BCUT2D eigenvalue weighted by Gasteiger charge is -2.19. The lowest BCUT2D eigenvalue weighted by Crippen LogP contribution is -2.25. The van der Waals surface area contributed by atoms with Crippen molar-refractivity contribution in [2.45, 2.75) is 6.92 Å². The minimum atomic E-state index is -3.47. The molecule has 0 saturated heterocycles. The number of benzene rings is 2. The van der Waals surface area contributed by atoms with E-state index in [-0.39, 0.29) is 16.6 Å². The standard InChI is InChI=1S/C16H17ClN2O3S/c1-11-6-4-5-7-14(11)18-16(20)12-8-9-13(17)15(10-12)19(2)23(3,21)22/h4-10H,1-3H3,(H,18,20). The molecule has 122 valence electrons. The third-order valence-electron chi connectivity index (χ3n) is 3.44. The van der Waals surface area contributed by atoms with Crippen LogP contribution in [0.5, 0.6) is 0 Å². The SMILES string of the molecule is Cc1ccccc1NC(=O)c1ccc(Cl)c(N(C)S(C)(=O)=O)c1. The normalized spacial score (nSPS) is 11.1. The monoisotopic (exact) mass is 352 g/mol. The fourth-order valence-electron chi connectivity index (χ4n) is 1.98. The Morgan fingerprint density at radius 1 is 1.17 bits per heavy atom. The number of aryl methyl sites for hydroxylation is 1. The van der Waals surface area contributed by atoms with Crippen LogP contribution in [0, 0.1) is 6.92 Å². The summed E-state index contributed by atoms with van der Waals surface area (Å²) in [4.78, 5) is 12.4. The zero-order valence-electron chi connectivity index (χ0n) is 13.0. The molecule has 0 saturated carbocycles. The van der Waals surface area contributed by atoms with Gasteiger partial charge in [-0.05, 0) is 36.8 Å². The summed E-state index contributed by atoms with van der Waals surface area (Å²) >= 11 is 6.05. The predicted octanol–water partition coefficient (Wildman–Crippen LogP) is 3.30. The van der Waals surface area contributed by atoms with Gasteiger partial charge in [0.15, 0.2) is 0 Å². The first kappa shape index (κ1) is 17.3. The number of nitrogens with zero attached hydrogens (tertiary/aromatic N) is 1. The Bertz CT molecular complexity index is 850. The highest BCUT2D eigenvalue weighted by molar-refractivity contribution is 7.92. The van der Waals surface area contributed by atoms with Crippen molar-refractivity contribution in [3.05, 3.63) is 58.6 Å². The van der Waals surface area contributed by atoms with E-state index in [0.29, 0.717) is 11.3 Å². The van der Waals surface area contributed by atoms with Crippen LogP contribution in [-0.2, 0) is 10.0 Å². The average Bonchev–Trinajstić information content (AvgIpc) is 2.48. The van der Waals surface area contributed by atoms with Gasteiger partial charge < -0.3 is 5.32 Å². The highest BCUT2D eigenvalue weighted by atomic mass is 35.5. The molecular formula is C16H17ClN2O3S. The highest BCUT2D eigenvalue weighted by Gasteiger charge is 2.17. The van der Waals surface area contributed by atoms with Gasteiger partial charge in [0.25, 0.3) is 5.91 Å². The number of sulfonamides is 1. The van der Waals surface area contributed by atoms with E-state index in [1.54, 1.807) is 12.1 Å². The number of hydrogen-bond donors (Lipinski definition) is 1. The number of anilines is 2. The van der Waals surface area contributed by atoms with E-state index in [2.05, 4.69) is 5.32 Å². The molecule has 2 rings (SSSR count). The number of amides is 1. The Morgan fingerprint density at radius 2 is 1.83 bits per heavy atom. The highest BCUT2D eigenvalue weighted by Crippen LogP contribution is 2.28. The molecule has 0 aliphatic carbocycles. The average molecular weight is 353 g/mol. The number of halogens is 1. The second-order valence-corrected chi connectivity index (χ2v) is 7.59. The van der Waals surface area contributed by atoms with Gasteiger partial charge >= 0.3 is 0 Å². The summed E-state index contributed by atoms with van der Waals surface area (Å²) in [7, 11) is -2.08. The maximum Gasteiger partial charge on any atom is 0.255 e. The minimum absolute atomic E-state index is 0.255. The Kier molecular flexibility index (Phi) is 4.97. The fourth-order valence-corrected chi connectivity index (χ4v) is 2.78. The van der Waals surface area contributed by atoms with Gasteiger partial charge in [-0.3, -0.25) is 9.10 Å². The molecule has 1 amide bonds. The van der Waals surface area contributed by atoms with Crippen LogP contribution in [0.15, 0.2) is 42.5 Å². The van der Waals surface area contributed by atoms with Gasteiger partial charge in [0.1, 0.15) is 0 Å². The van der Waals surface area contributed by atoms with Crippen molar-refractivity contribution in [2.75, 3.05) is 22.9 Å². The number of hydrogen-bond acceptors (Lipinski definition) is 3. The van der Waals surface area contributed by atoms with Gasteiger partial charge in [-0.25, -0.2) is 8.42 Å². The van der Waals surface area contributed by atoms with Crippen LogP contribution in [0.1, 0.15) is 15.9 Å². The summed E-state index contributed by atoms with van der Waals surface area (Å²) < 4.78 is 24.4. The van der Waals surface area contributed by atoms with E-state index < -0.39 is 10.0 Å².